The second-order valence-corrected chi connectivity index (χ2v) is 6.09. The van der Waals surface area contributed by atoms with Gasteiger partial charge in [-0.1, -0.05) is 0 Å². The Labute approximate surface area is 101 Å². The number of aromatic nitrogens is 2. The summed E-state index contributed by atoms with van der Waals surface area (Å²) in [4.78, 5) is 2.53. The van der Waals surface area contributed by atoms with Gasteiger partial charge in [0, 0.05) is 18.3 Å². The fraction of sp³-hybridized carbons (Fsp3) is 0.750. The zero-order valence-electron chi connectivity index (χ0n) is 10.2. The van der Waals surface area contributed by atoms with Crippen LogP contribution in [0.15, 0.2) is 6.20 Å². The van der Waals surface area contributed by atoms with Gasteiger partial charge in [0.15, 0.2) is 0 Å². The van der Waals surface area contributed by atoms with Crippen LogP contribution in [0.4, 0.5) is 0 Å². The van der Waals surface area contributed by atoms with Crippen molar-refractivity contribution in [2.45, 2.75) is 50.7 Å². The second-order valence-electron chi connectivity index (χ2n) is 4.93. The van der Waals surface area contributed by atoms with E-state index in [1.165, 1.54) is 24.1 Å². The first-order valence-electron chi connectivity index (χ1n) is 6.07. The molecule has 0 aromatic carbocycles. The van der Waals surface area contributed by atoms with Crippen LogP contribution in [-0.2, 0) is 6.54 Å². The second kappa shape index (κ2) is 3.77. The molecule has 1 aliphatic carbocycles. The van der Waals surface area contributed by atoms with Gasteiger partial charge in [-0.3, -0.25) is 9.58 Å². The molecule has 2 heterocycles. The number of thioether (sulfide) groups is 1. The third-order valence-corrected chi connectivity index (χ3v) is 4.77. The Morgan fingerprint density at radius 3 is 2.81 bits per heavy atom. The first-order valence-corrected chi connectivity index (χ1v) is 7.36. The highest BCUT2D eigenvalue weighted by Gasteiger charge is 2.35. The normalized spacial score (nSPS) is 27.1. The minimum atomic E-state index is 0.484. The molecule has 0 amide bonds. The minimum Gasteiger partial charge on any atom is -0.279 e. The molecular weight excluding hydrogens is 218 g/mol. The summed E-state index contributed by atoms with van der Waals surface area (Å²) in [5.41, 5.74) is 2.76. The maximum atomic E-state index is 4.77. The predicted octanol–water partition coefficient (Wildman–Crippen LogP) is 2.80. The summed E-state index contributed by atoms with van der Waals surface area (Å²) < 4.78 is 2.20. The van der Waals surface area contributed by atoms with Crippen molar-refractivity contribution in [3.63, 3.8) is 0 Å². The van der Waals surface area contributed by atoms with E-state index in [4.69, 9.17) is 5.10 Å². The van der Waals surface area contributed by atoms with Crippen molar-refractivity contribution in [2.24, 2.45) is 0 Å². The lowest BCUT2D eigenvalue weighted by Crippen LogP contribution is -2.28. The van der Waals surface area contributed by atoms with Crippen LogP contribution in [0.2, 0.25) is 0 Å². The smallest absolute Gasteiger partial charge is 0.0839 e. The first-order chi connectivity index (χ1) is 7.70. The standard InChI is InChI=1S/C12H19N3S/c1-8-12-10(6-14(8)9(2)16-3)7-15(13-12)11-4-5-11/h7-9,11H,4-6H2,1-3H3/t8-,9?/m1/s1. The molecular formula is C12H19N3S. The first kappa shape index (κ1) is 10.7. The molecule has 2 aliphatic rings. The zero-order chi connectivity index (χ0) is 11.3. The maximum Gasteiger partial charge on any atom is 0.0839 e. The molecule has 1 aliphatic heterocycles. The van der Waals surface area contributed by atoms with E-state index in [-0.39, 0.29) is 0 Å². The number of rotatable bonds is 3. The zero-order valence-corrected chi connectivity index (χ0v) is 11.0. The summed E-state index contributed by atoms with van der Waals surface area (Å²) in [7, 11) is 0. The molecule has 0 N–H and O–H groups in total. The molecule has 88 valence electrons. The number of hydrogen-bond donors (Lipinski definition) is 0. The van der Waals surface area contributed by atoms with Crippen molar-refractivity contribution in [2.75, 3.05) is 6.26 Å². The average molecular weight is 237 g/mol. The topological polar surface area (TPSA) is 21.1 Å². The lowest BCUT2D eigenvalue weighted by atomic mass is 10.2. The lowest BCUT2D eigenvalue weighted by molar-refractivity contribution is 0.217. The highest BCUT2D eigenvalue weighted by atomic mass is 32.2. The van der Waals surface area contributed by atoms with Crippen LogP contribution in [-0.4, -0.2) is 26.3 Å². The summed E-state index contributed by atoms with van der Waals surface area (Å²) in [6, 6.07) is 1.20. The third-order valence-electron chi connectivity index (χ3n) is 3.82. The quantitative estimate of drug-likeness (QED) is 0.806. The summed E-state index contributed by atoms with van der Waals surface area (Å²) in [5, 5.41) is 5.35. The van der Waals surface area contributed by atoms with Gasteiger partial charge in [-0.05, 0) is 32.9 Å². The van der Waals surface area contributed by atoms with Crippen LogP contribution in [0.25, 0.3) is 0 Å². The van der Waals surface area contributed by atoms with Crippen molar-refractivity contribution in [3.05, 3.63) is 17.5 Å². The molecule has 4 heteroatoms. The van der Waals surface area contributed by atoms with Crippen LogP contribution in [0.3, 0.4) is 0 Å². The van der Waals surface area contributed by atoms with E-state index in [0.29, 0.717) is 17.5 Å². The van der Waals surface area contributed by atoms with Crippen LogP contribution in [0.5, 0.6) is 0 Å². The summed E-state index contributed by atoms with van der Waals surface area (Å²) in [5.74, 6) is 0. The van der Waals surface area contributed by atoms with Gasteiger partial charge in [0.2, 0.25) is 0 Å². The summed E-state index contributed by atoms with van der Waals surface area (Å²) in [6.45, 7) is 5.63. The van der Waals surface area contributed by atoms with Gasteiger partial charge in [-0.25, -0.2) is 0 Å². The molecule has 0 spiro atoms. The molecule has 1 aromatic heterocycles. The molecule has 1 aromatic rings. The van der Waals surface area contributed by atoms with E-state index >= 15 is 0 Å². The van der Waals surface area contributed by atoms with Crippen LogP contribution >= 0.6 is 11.8 Å². The third kappa shape index (κ3) is 1.59. The van der Waals surface area contributed by atoms with E-state index in [1.807, 2.05) is 11.8 Å². The Kier molecular flexibility index (Phi) is 2.51. The highest BCUT2D eigenvalue weighted by molar-refractivity contribution is 7.99. The Morgan fingerprint density at radius 2 is 2.25 bits per heavy atom. The molecule has 0 bridgehead atoms. The van der Waals surface area contributed by atoms with Crippen LogP contribution in [0, 0.1) is 0 Å². The number of hydrogen-bond acceptors (Lipinski definition) is 3. The van der Waals surface area contributed by atoms with Crippen LogP contribution in [0.1, 0.15) is 50.0 Å². The van der Waals surface area contributed by atoms with Crippen molar-refractivity contribution < 1.29 is 0 Å². The predicted molar refractivity (Wildman–Crippen MR) is 67.4 cm³/mol. The number of nitrogens with zero attached hydrogens (tertiary/aromatic N) is 3. The van der Waals surface area contributed by atoms with Crippen molar-refractivity contribution in [3.8, 4) is 0 Å². The largest absolute Gasteiger partial charge is 0.279 e. The van der Waals surface area contributed by atoms with Gasteiger partial charge < -0.3 is 0 Å². The summed E-state index contributed by atoms with van der Waals surface area (Å²) >= 11 is 1.91. The van der Waals surface area contributed by atoms with Gasteiger partial charge in [-0.15, -0.1) is 11.8 Å². The van der Waals surface area contributed by atoms with Crippen molar-refractivity contribution in [1.29, 1.82) is 0 Å². The fourth-order valence-electron chi connectivity index (χ4n) is 2.51. The molecule has 2 atom stereocenters. The average Bonchev–Trinajstić information content (AvgIpc) is 2.98. The van der Waals surface area contributed by atoms with E-state index in [0.717, 1.165) is 6.54 Å². The Balaban J connectivity index is 1.83. The minimum absolute atomic E-state index is 0.484. The van der Waals surface area contributed by atoms with Crippen molar-refractivity contribution in [1.82, 2.24) is 14.7 Å². The molecule has 0 saturated heterocycles. The Morgan fingerprint density at radius 1 is 1.50 bits per heavy atom. The molecule has 16 heavy (non-hydrogen) atoms. The highest BCUT2D eigenvalue weighted by Crippen LogP contribution is 2.40. The van der Waals surface area contributed by atoms with E-state index in [2.05, 4.69) is 35.9 Å². The van der Waals surface area contributed by atoms with Gasteiger partial charge >= 0.3 is 0 Å². The summed E-state index contributed by atoms with van der Waals surface area (Å²) in [6.07, 6.45) is 7.09. The SMILES string of the molecule is CSC(C)N1Cc2cn(C3CC3)nc2[C@H]1C. The molecule has 3 rings (SSSR count). The number of fused-ring (bicyclic) bond motifs is 1. The van der Waals surface area contributed by atoms with Gasteiger partial charge in [0.05, 0.1) is 23.2 Å². The van der Waals surface area contributed by atoms with Gasteiger partial charge in [0.25, 0.3) is 0 Å². The fourth-order valence-corrected chi connectivity index (χ4v) is 3.04. The lowest BCUT2D eigenvalue weighted by Gasteiger charge is -2.27. The maximum absolute atomic E-state index is 4.77. The van der Waals surface area contributed by atoms with Crippen molar-refractivity contribution >= 4 is 11.8 Å². The van der Waals surface area contributed by atoms with Gasteiger partial charge in [0.1, 0.15) is 0 Å². The van der Waals surface area contributed by atoms with Crippen LogP contribution < -0.4 is 0 Å². The van der Waals surface area contributed by atoms with E-state index < -0.39 is 0 Å². The molecule has 1 fully saturated rings. The Hall–Kier alpha value is -0.480. The molecule has 0 radical (unpaired) electrons. The molecule has 1 unspecified atom stereocenters. The monoisotopic (exact) mass is 237 g/mol. The molecule has 1 saturated carbocycles. The van der Waals surface area contributed by atoms with E-state index in [1.54, 1.807) is 0 Å². The van der Waals surface area contributed by atoms with Gasteiger partial charge in [-0.2, -0.15) is 5.10 Å². The van der Waals surface area contributed by atoms with E-state index in [9.17, 15) is 0 Å². The Bertz CT molecular complexity index is 397. The molecule has 3 nitrogen and oxygen atoms in total.